The monoisotopic (exact) mass is 311 g/mol. The Bertz CT molecular complexity index is 220. The third-order valence-electron chi connectivity index (χ3n) is 2.78. The number of fused-ring (bicyclic) bond motifs is 1. The third kappa shape index (κ3) is 1.61. The molecule has 0 aromatic carbocycles. The summed E-state index contributed by atoms with van der Waals surface area (Å²) < 4.78 is 4.69. The number of ether oxygens (including phenoxy) is 1. The highest BCUT2D eigenvalue weighted by molar-refractivity contribution is 9.12. The van der Waals surface area contributed by atoms with Gasteiger partial charge in [0.2, 0.25) is 0 Å². The van der Waals surface area contributed by atoms with Crippen molar-refractivity contribution in [2.75, 3.05) is 7.11 Å². The van der Waals surface area contributed by atoms with Crippen molar-refractivity contribution in [3.8, 4) is 0 Å². The molecule has 2 fully saturated rings. The molecule has 1 saturated carbocycles. The van der Waals surface area contributed by atoms with Gasteiger partial charge in [0.15, 0.2) is 0 Å². The molecule has 1 saturated heterocycles. The lowest BCUT2D eigenvalue weighted by molar-refractivity contribution is 0.150. The number of halogens is 2. The highest BCUT2D eigenvalue weighted by Crippen LogP contribution is 2.45. The molecule has 0 aromatic rings. The molecule has 74 valence electrons. The van der Waals surface area contributed by atoms with Gasteiger partial charge in [-0.05, 0) is 12.8 Å². The van der Waals surface area contributed by atoms with Crippen LogP contribution in [0.3, 0.4) is 0 Å². The number of carbonyl (C=O) groups excluding carboxylic acids is 1. The smallest absolute Gasteiger partial charge is 0.410 e. The zero-order valence-electron chi connectivity index (χ0n) is 7.24. The highest BCUT2D eigenvalue weighted by Gasteiger charge is 2.56. The predicted octanol–water partition coefficient (Wildman–Crippen LogP) is 2.13. The van der Waals surface area contributed by atoms with Gasteiger partial charge in [-0.25, -0.2) is 4.79 Å². The minimum absolute atomic E-state index is 0.184. The van der Waals surface area contributed by atoms with Crippen molar-refractivity contribution in [1.82, 2.24) is 4.90 Å². The van der Waals surface area contributed by atoms with E-state index in [2.05, 4.69) is 31.9 Å². The van der Waals surface area contributed by atoms with Crippen LogP contribution in [0.1, 0.15) is 12.8 Å². The van der Waals surface area contributed by atoms with Gasteiger partial charge in [0.25, 0.3) is 0 Å². The van der Waals surface area contributed by atoms with Crippen LogP contribution in [-0.2, 0) is 4.74 Å². The van der Waals surface area contributed by atoms with E-state index < -0.39 is 0 Å². The number of nitrogens with zero attached hydrogens (tertiary/aromatic N) is 1. The molecule has 0 radical (unpaired) electrons. The molecule has 0 aromatic heterocycles. The third-order valence-corrected chi connectivity index (χ3v) is 5.51. The molecule has 4 atom stereocenters. The number of hydrogen-bond acceptors (Lipinski definition) is 2. The van der Waals surface area contributed by atoms with Crippen LogP contribution < -0.4 is 0 Å². The van der Waals surface area contributed by atoms with Crippen molar-refractivity contribution in [2.45, 2.75) is 34.6 Å². The van der Waals surface area contributed by atoms with E-state index in [0.717, 1.165) is 12.8 Å². The van der Waals surface area contributed by atoms with Crippen LogP contribution in [0.25, 0.3) is 0 Å². The molecule has 1 aliphatic heterocycles. The lowest BCUT2D eigenvalue weighted by Crippen LogP contribution is -2.24. The first-order chi connectivity index (χ1) is 6.15. The summed E-state index contributed by atoms with van der Waals surface area (Å²) in [6.45, 7) is 0. The largest absolute Gasteiger partial charge is 0.453 e. The second-order valence-electron chi connectivity index (χ2n) is 3.52. The fourth-order valence-electron chi connectivity index (χ4n) is 2.01. The lowest BCUT2D eigenvalue weighted by atomic mass is 10.0. The van der Waals surface area contributed by atoms with Gasteiger partial charge in [0.1, 0.15) is 0 Å². The van der Waals surface area contributed by atoms with Crippen LogP contribution in [0.15, 0.2) is 0 Å². The molecule has 2 aliphatic rings. The number of carbonyl (C=O) groups is 1. The van der Waals surface area contributed by atoms with Crippen LogP contribution >= 0.6 is 31.9 Å². The Morgan fingerprint density at radius 2 is 1.77 bits per heavy atom. The number of alkyl halides is 2. The first-order valence-corrected chi connectivity index (χ1v) is 6.12. The van der Waals surface area contributed by atoms with Gasteiger partial charge < -0.3 is 4.74 Å². The number of rotatable bonds is 0. The lowest BCUT2D eigenvalue weighted by Gasteiger charge is -2.18. The van der Waals surface area contributed by atoms with Crippen molar-refractivity contribution >= 4 is 38.0 Å². The van der Waals surface area contributed by atoms with E-state index in [4.69, 9.17) is 4.74 Å². The van der Waals surface area contributed by atoms with Gasteiger partial charge in [-0.15, -0.1) is 0 Å². The minimum Gasteiger partial charge on any atom is -0.453 e. The topological polar surface area (TPSA) is 29.3 Å². The van der Waals surface area contributed by atoms with E-state index in [0.29, 0.717) is 21.7 Å². The van der Waals surface area contributed by atoms with Crippen molar-refractivity contribution in [1.29, 1.82) is 0 Å². The Hall–Kier alpha value is 0.230. The predicted molar refractivity (Wildman–Crippen MR) is 56.5 cm³/mol. The Morgan fingerprint density at radius 1 is 1.31 bits per heavy atom. The molecule has 1 amide bonds. The first-order valence-electron chi connectivity index (χ1n) is 4.29. The summed E-state index contributed by atoms with van der Waals surface area (Å²) in [4.78, 5) is 14.0. The molecule has 2 rings (SSSR count). The van der Waals surface area contributed by atoms with Crippen molar-refractivity contribution in [2.24, 2.45) is 0 Å². The number of methoxy groups -OCH3 is 1. The Balaban J connectivity index is 1.98. The number of hydrogen-bond donors (Lipinski definition) is 0. The van der Waals surface area contributed by atoms with Crippen molar-refractivity contribution in [3.63, 3.8) is 0 Å². The molecule has 1 heterocycles. The Morgan fingerprint density at radius 3 is 2.15 bits per heavy atom. The minimum atomic E-state index is -0.184. The normalized spacial score (nSPS) is 42.5. The maximum atomic E-state index is 11.2. The maximum Gasteiger partial charge on any atom is 0.410 e. The fraction of sp³-hybridized carbons (Fsp3) is 0.875. The van der Waals surface area contributed by atoms with Gasteiger partial charge in [-0.3, -0.25) is 4.90 Å². The molecule has 3 nitrogen and oxygen atoms in total. The molecule has 5 heteroatoms. The summed E-state index contributed by atoms with van der Waals surface area (Å²) in [6.07, 6.45) is 1.86. The second kappa shape index (κ2) is 3.42. The van der Waals surface area contributed by atoms with Crippen LogP contribution in [0, 0.1) is 0 Å². The number of amides is 1. The van der Waals surface area contributed by atoms with E-state index >= 15 is 0 Å². The maximum absolute atomic E-state index is 11.2. The molecular weight excluding hydrogens is 302 g/mol. The Labute approximate surface area is 94.1 Å². The van der Waals surface area contributed by atoms with Gasteiger partial charge in [0.05, 0.1) is 19.2 Å². The highest BCUT2D eigenvalue weighted by atomic mass is 79.9. The summed E-state index contributed by atoms with van der Waals surface area (Å²) in [7, 11) is 1.43. The summed E-state index contributed by atoms with van der Waals surface area (Å²) in [5.41, 5.74) is 0. The average Bonchev–Trinajstić information content (AvgIpc) is 2.77. The van der Waals surface area contributed by atoms with Gasteiger partial charge in [0, 0.05) is 9.65 Å². The second-order valence-corrected chi connectivity index (χ2v) is 5.87. The van der Waals surface area contributed by atoms with Gasteiger partial charge in [-0.2, -0.15) is 0 Å². The summed E-state index contributed by atoms with van der Waals surface area (Å²) in [5.74, 6) is 0. The fourth-order valence-corrected chi connectivity index (χ4v) is 3.21. The molecule has 13 heavy (non-hydrogen) atoms. The van der Waals surface area contributed by atoms with E-state index in [1.54, 1.807) is 0 Å². The molecule has 1 aliphatic carbocycles. The standard InChI is InChI=1S/C8H11Br2NO2/c1-13-8(12)11-6-2-4(9)5(10)3-7(6)11/h4-7H,2-3H2,1H3/t4-,5+,6-,7-,11?/m1/s1. The van der Waals surface area contributed by atoms with Crippen LogP contribution in [-0.4, -0.2) is 39.8 Å². The Kier molecular flexibility index (Phi) is 2.57. The molecule has 0 N–H and O–H groups in total. The molecule has 0 spiro atoms. The van der Waals surface area contributed by atoms with Crippen LogP contribution in [0.4, 0.5) is 4.79 Å². The van der Waals surface area contributed by atoms with Crippen LogP contribution in [0.2, 0.25) is 0 Å². The zero-order chi connectivity index (χ0) is 9.59. The SMILES string of the molecule is COC(=O)N1[C@@H]2C[C@@H](Br)[C@@H](Br)C[C@H]21. The number of likely N-dealkylation sites (tertiary alicyclic amines) is 1. The summed E-state index contributed by atoms with van der Waals surface area (Å²) >= 11 is 7.19. The summed E-state index contributed by atoms with van der Waals surface area (Å²) in [5, 5.41) is 0. The van der Waals surface area contributed by atoms with E-state index in [1.165, 1.54) is 7.11 Å². The van der Waals surface area contributed by atoms with Crippen molar-refractivity contribution in [3.05, 3.63) is 0 Å². The van der Waals surface area contributed by atoms with E-state index in [-0.39, 0.29) is 6.09 Å². The molecular formula is C8H11Br2NO2. The van der Waals surface area contributed by atoms with Crippen LogP contribution in [0.5, 0.6) is 0 Å². The molecule has 0 unspecified atom stereocenters. The quantitative estimate of drug-likeness (QED) is 0.506. The van der Waals surface area contributed by atoms with E-state index in [9.17, 15) is 4.79 Å². The van der Waals surface area contributed by atoms with E-state index in [1.807, 2.05) is 4.90 Å². The van der Waals surface area contributed by atoms with Gasteiger partial charge >= 0.3 is 6.09 Å². The molecule has 0 bridgehead atoms. The summed E-state index contributed by atoms with van der Waals surface area (Å²) in [6, 6.07) is 0.816. The van der Waals surface area contributed by atoms with Crippen molar-refractivity contribution < 1.29 is 9.53 Å². The van der Waals surface area contributed by atoms with Gasteiger partial charge in [-0.1, -0.05) is 31.9 Å². The zero-order valence-corrected chi connectivity index (χ0v) is 10.4. The first kappa shape index (κ1) is 9.77. The average molecular weight is 313 g/mol.